The van der Waals surface area contributed by atoms with Crippen molar-refractivity contribution in [1.82, 2.24) is 5.32 Å². The van der Waals surface area contributed by atoms with Crippen LogP contribution in [0.1, 0.15) is 11.1 Å². The van der Waals surface area contributed by atoms with Crippen LogP contribution in [0.5, 0.6) is 0 Å². The molecule has 0 bridgehead atoms. The van der Waals surface area contributed by atoms with Gasteiger partial charge in [0.25, 0.3) is 5.91 Å². The number of nitrogens with zero attached hydrogens (tertiary/aromatic N) is 2. The second-order valence-electron chi connectivity index (χ2n) is 5.48. The molecule has 2 aliphatic carbocycles. The molecule has 3 aliphatic rings. The number of carbonyl (C=O) groups excluding carboxylic acids is 3. The summed E-state index contributed by atoms with van der Waals surface area (Å²) in [7, 11) is 0. The molecule has 1 N–H and O–H groups in total. The quantitative estimate of drug-likeness (QED) is 0.788. The molecule has 1 heterocycles. The lowest BCUT2D eigenvalue weighted by atomic mass is 9.90. The number of guanidine groups is 1. The smallest absolute Gasteiger partial charge is 0.258 e. The SMILES string of the molecule is O=C1C=C(C(=O)NC2=NC3=CC=CC(=O)C3=N2)c2ccccc2C1. The van der Waals surface area contributed by atoms with E-state index in [4.69, 9.17) is 0 Å². The summed E-state index contributed by atoms with van der Waals surface area (Å²) < 4.78 is 0. The van der Waals surface area contributed by atoms with Crippen LogP contribution in [-0.4, -0.2) is 29.1 Å². The third kappa shape index (κ3) is 2.34. The van der Waals surface area contributed by atoms with Gasteiger partial charge in [0.05, 0.1) is 11.3 Å². The first kappa shape index (κ1) is 14.2. The number of ketones is 2. The molecule has 0 spiro atoms. The molecule has 1 aromatic rings. The van der Waals surface area contributed by atoms with Crippen molar-refractivity contribution in [3.05, 3.63) is 65.4 Å². The Kier molecular flexibility index (Phi) is 3.16. The molecule has 0 saturated carbocycles. The normalized spacial score (nSPS) is 18.2. The first-order valence-electron chi connectivity index (χ1n) is 7.36. The molecule has 0 atom stereocenters. The van der Waals surface area contributed by atoms with E-state index < -0.39 is 5.91 Å². The standard InChI is InChI=1S/C18H11N3O3/c22-11-8-10-4-1-2-5-12(10)13(9-11)17(24)21-18-19-14-6-3-7-15(23)16(14)20-18/h1-7,9H,8H2,(H,19,21,24). The number of rotatable bonds is 1. The summed E-state index contributed by atoms with van der Waals surface area (Å²) in [6.45, 7) is 0. The fourth-order valence-electron chi connectivity index (χ4n) is 2.79. The number of aliphatic imine (C=N–C) groups is 2. The third-order valence-electron chi connectivity index (χ3n) is 3.87. The van der Waals surface area contributed by atoms with E-state index in [2.05, 4.69) is 15.3 Å². The van der Waals surface area contributed by atoms with Gasteiger partial charge in [-0.1, -0.05) is 30.3 Å². The predicted molar refractivity (Wildman–Crippen MR) is 88.4 cm³/mol. The van der Waals surface area contributed by atoms with Gasteiger partial charge >= 0.3 is 0 Å². The second-order valence-corrected chi connectivity index (χ2v) is 5.48. The molecule has 0 aromatic heterocycles. The van der Waals surface area contributed by atoms with Crippen molar-refractivity contribution >= 4 is 34.7 Å². The Morgan fingerprint density at radius 1 is 1.12 bits per heavy atom. The highest BCUT2D eigenvalue weighted by atomic mass is 16.2. The van der Waals surface area contributed by atoms with Gasteiger partial charge in [-0.3, -0.25) is 19.7 Å². The minimum Gasteiger partial charge on any atom is -0.294 e. The zero-order valence-corrected chi connectivity index (χ0v) is 12.4. The maximum absolute atomic E-state index is 12.5. The number of carbonyl (C=O) groups is 3. The molecule has 1 amide bonds. The first-order valence-corrected chi connectivity index (χ1v) is 7.36. The van der Waals surface area contributed by atoms with E-state index in [1.807, 2.05) is 18.2 Å². The van der Waals surface area contributed by atoms with Crippen LogP contribution in [0.4, 0.5) is 0 Å². The molecular formula is C18H11N3O3. The molecule has 0 unspecified atom stereocenters. The topological polar surface area (TPSA) is 88.0 Å². The van der Waals surface area contributed by atoms with Crippen LogP contribution < -0.4 is 5.32 Å². The maximum Gasteiger partial charge on any atom is 0.258 e. The molecule has 116 valence electrons. The largest absolute Gasteiger partial charge is 0.294 e. The molecule has 6 nitrogen and oxygen atoms in total. The van der Waals surface area contributed by atoms with Crippen molar-refractivity contribution in [2.75, 3.05) is 0 Å². The van der Waals surface area contributed by atoms with Gasteiger partial charge in [-0.15, -0.1) is 0 Å². The van der Waals surface area contributed by atoms with Crippen molar-refractivity contribution in [1.29, 1.82) is 0 Å². The van der Waals surface area contributed by atoms with Gasteiger partial charge in [0.1, 0.15) is 5.71 Å². The number of hydrogen-bond acceptors (Lipinski definition) is 5. The second kappa shape index (κ2) is 5.34. The molecule has 4 rings (SSSR count). The van der Waals surface area contributed by atoms with Crippen LogP contribution in [0.25, 0.3) is 5.57 Å². The van der Waals surface area contributed by atoms with Crippen molar-refractivity contribution in [2.24, 2.45) is 9.98 Å². The molecule has 0 fully saturated rings. The lowest BCUT2D eigenvalue weighted by Gasteiger charge is -2.16. The van der Waals surface area contributed by atoms with E-state index in [9.17, 15) is 14.4 Å². The Morgan fingerprint density at radius 3 is 2.79 bits per heavy atom. The van der Waals surface area contributed by atoms with Crippen molar-refractivity contribution in [3.63, 3.8) is 0 Å². The Bertz CT molecular complexity index is 961. The number of amides is 1. The van der Waals surface area contributed by atoms with Gasteiger partial charge in [0.2, 0.25) is 11.7 Å². The number of hydrogen-bond donors (Lipinski definition) is 1. The van der Waals surface area contributed by atoms with Gasteiger partial charge in [-0.05, 0) is 29.4 Å². The highest BCUT2D eigenvalue weighted by Gasteiger charge is 2.27. The van der Waals surface area contributed by atoms with E-state index in [1.165, 1.54) is 12.2 Å². The monoisotopic (exact) mass is 317 g/mol. The van der Waals surface area contributed by atoms with Crippen LogP contribution in [0, 0.1) is 0 Å². The van der Waals surface area contributed by atoms with E-state index >= 15 is 0 Å². The average molecular weight is 317 g/mol. The van der Waals surface area contributed by atoms with Crippen molar-refractivity contribution in [3.8, 4) is 0 Å². The van der Waals surface area contributed by atoms with E-state index in [0.29, 0.717) is 5.70 Å². The summed E-state index contributed by atoms with van der Waals surface area (Å²) in [6, 6.07) is 7.26. The zero-order chi connectivity index (χ0) is 16.7. The van der Waals surface area contributed by atoms with Crippen molar-refractivity contribution < 1.29 is 14.4 Å². The lowest BCUT2D eigenvalue weighted by molar-refractivity contribution is -0.116. The fraction of sp³-hybridized carbons (Fsp3) is 0.0556. The Balaban J connectivity index is 1.62. The molecular weight excluding hydrogens is 306 g/mol. The summed E-state index contributed by atoms with van der Waals surface area (Å²) in [4.78, 5) is 44.3. The minimum atomic E-state index is -0.474. The van der Waals surface area contributed by atoms with Gasteiger partial charge in [0.15, 0.2) is 5.78 Å². The fourth-order valence-corrected chi connectivity index (χ4v) is 2.79. The Hall–Kier alpha value is -3.41. The molecule has 1 aliphatic heterocycles. The summed E-state index contributed by atoms with van der Waals surface area (Å²) in [5, 5.41) is 2.57. The summed E-state index contributed by atoms with van der Waals surface area (Å²) in [5.74, 6) is -0.805. The Morgan fingerprint density at radius 2 is 1.96 bits per heavy atom. The van der Waals surface area contributed by atoms with Crippen LogP contribution in [0.15, 0.2) is 64.3 Å². The van der Waals surface area contributed by atoms with Crippen LogP contribution in [-0.2, 0) is 20.8 Å². The van der Waals surface area contributed by atoms with Gasteiger partial charge < -0.3 is 0 Å². The summed E-state index contributed by atoms with van der Waals surface area (Å²) >= 11 is 0. The van der Waals surface area contributed by atoms with E-state index in [-0.39, 0.29) is 35.2 Å². The third-order valence-corrected chi connectivity index (χ3v) is 3.87. The molecule has 0 saturated heterocycles. The van der Waals surface area contributed by atoms with E-state index in [1.54, 1.807) is 18.2 Å². The highest BCUT2D eigenvalue weighted by Crippen LogP contribution is 2.25. The van der Waals surface area contributed by atoms with Crippen LogP contribution >= 0.6 is 0 Å². The van der Waals surface area contributed by atoms with Crippen LogP contribution in [0.2, 0.25) is 0 Å². The minimum absolute atomic E-state index is 0.0507. The van der Waals surface area contributed by atoms with Crippen molar-refractivity contribution in [2.45, 2.75) is 6.42 Å². The van der Waals surface area contributed by atoms with Gasteiger partial charge in [0, 0.05) is 6.42 Å². The lowest BCUT2D eigenvalue weighted by Crippen LogP contribution is -2.31. The predicted octanol–water partition coefficient (Wildman–Crippen LogP) is 1.14. The first-order chi connectivity index (χ1) is 11.6. The highest BCUT2D eigenvalue weighted by molar-refractivity contribution is 6.53. The number of benzene rings is 1. The average Bonchev–Trinajstić information content (AvgIpc) is 2.98. The Labute approximate surface area is 137 Å². The zero-order valence-electron chi connectivity index (χ0n) is 12.4. The summed E-state index contributed by atoms with van der Waals surface area (Å²) in [5.41, 5.74) is 2.44. The molecule has 6 heteroatoms. The van der Waals surface area contributed by atoms with Crippen LogP contribution in [0.3, 0.4) is 0 Å². The van der Waals surface area contributed by atoms with Gasteiger partial charge in [-0.2, -0.15) is 0 Å². The number of allylic oxidation sites excluding steroid dienone is 5. The maximum atomic E-state index is 12.5. The van der Waals surface area contributed by atoms with E-state index in [0.717, 1.165) is 11.1 Å². The van der Waals surface area contributed by atoms with Gasteiger partial charge in [-0.25, -0.2) is 9.98 Å². The molecule has 0 radical (unpaired) electrons. The number of fused-ring (bicyclic) bond motifs is 2. The summed E-state index contributed by atoms with van der Waals surface area (Å²) in [6.07, 6.45) is 6.24. The number of nitrogens with one attached hydrogen (secondary N) is 1. The molecule has 1 aromatic carbocycles. The molecule has 24 heavy (non-hydrogen) atoms.